The van der Waals surface area contributed by atoms with Crippen LogP contribution in [0.1, 0.15) is 22.6 Å². The largest absolute Gasteiger partial charge is 0.354 e. The fourth-order valence-electron chi connectivity index (χ4n) is 3.35. The molecule has 0 saturated heterocycles. The van der Waals surface area contributed by atoms with Crippen molar-refractivity contribution in [3.05, 3.63) is 65.0 Å². The zero-order chi connectivity index (χ0) is 22.1. The molecule has 0 aliphatic carbocycles. The fraction of sp³-hybridized carbons (Fsp3) is 0.333. The van der Waals surface area contributed by atoms with E-state index in [1.54, 1.807) is 12.1 Å². The lowest BCUT2D eigenvalue weighted by molar-refractivity contribution is -0.353. The third-order valence-corrected chi connectivity index (χ3v) is 6.84. The summed E-state index contributed by atoms with van der Waals surface area (Å²) in [6.45, 7) is 4.36. The Morgan fingerprint density at radius 3 is 2.57 bits per heavy atom. The van der Waals surface area contributed by atoms with Gasteiger partial charge in [-0.2, -0.15) is 0 Å². The zero-order valence-electron chi connectivity index (χ0n) is 17.7. The van der Waals surface area contributed by atoms with E-state index in [4.69, 9.17) is 0 Å². The SMILES string of the molecule is Cc1ccc2c(n1)c(Cc1ccc(S(=O)(=O)N(C)C)cn1)c(C)n2C/C(F)=C/C[NH3+]. The number of nitrogens with zero attached hydrogens (tertiary/aromatic N) is 4. The molecule has 0 amide bonds. The van der Waals surface area contributed by atoms with Crippen LogP contribution in [-0.2, 0) is 23.0 Å². The quantitative estimate of drug-likeness (QED) is 0.618. The van der Waals surface area contributed by atoms with Crippen molar-refractivity contribution < 1.29 is 18.5 Å². The molecule has 0 fully saturated rings. The Morgan fingerprint density at radius 2 is 1.97 bits per heavy atom. The number of quaternary nitrogens is 1. The first-order chi connectivity index (χ1) is 14.1. The maximum atomic E-state index is 14.2. The highest BCUT2D eigenvalue weighted by atomic mass is 32.2. The molecule has 0 saturated carbocycles. The first-order valence-corrected chi connectivity index (χ1v) is 11.1. The molecular weight excluding hydrogens is 405 g/mol. The van der Waals surface area contributed by atoms with Gasteiger partial charge in [0.1, 0.15) is 10.7 Å². The molecule has 0 unspecified atom stereocenters. The zero-order valence-corrected chi connectivity index (χ0v) is 18.5. The van der Waals surface area contributed by atoms with Crippen molar-refractivity contribution >= 4 is 21.1 Å². The Labute approximate surface area is 176 Å². The summed E-state index contributed by atoms with van der Waals surface area (Å²) >= 11 is 0. The average Bonchev–Trinajstić information content (AvgIpc) is 2.93. The summed E-state index contributed by atoms with van der Waals surface area (Å²) in [6.07, 6.45) is 3.31. The average molecular weight is 433 g/mol. The number of pyridine rings is 2. The molecule has 3 aromatic heterocycles. The van der Waals surface area contributed by atoms with Gasteiger partial charge in [0, 0.05) is 55.4 Å². The van der Waals surface area contributed by atoms with Crippen LogP contribution in [0.4, 0.5) is 4.39 Å². The lowest BCUT2D eigenvalue weighted by atomic mass is 10.1. The number of fused-ring (bicyclic) bond motifs is 1. The van der Waals surface area contributed by atoms with E-state index in [-0.39, 0.29) is 17.3 Å². The van der Waals surface area contributed by atoms with Gasteiger partial charge in [0.2, 0.25) is 10.0 Å². The van der Waals surface area contributed by atoms with E-state index in [1.807, 2.05) is 30.5 Å². The van der Waals surface area contributed by atoms with Crippen LogP contribution >= 0.6 is 0 Å². The second-order valence-corrected chi connectivity index (χ2v) is 9.51. The van der Waals surface area contributed by atoms with Crippen molar-refractivity contribution in [2.75, 3.05) is 20.6 Å². The molecule has 0 bridgehead atoms. The number of halogens is 1. The van der Waals surface area contributed by atoms with Crippen LogP contribution in [0.2, 0.25) is 0 Å². The van der Waals surface area contributed by atoms with E-state index < -0.39 is 10.0 Å². The van der Waals surface area contributed by atoms with Crippen LogP contribution < -0.4 is 5.73 Å². The molecular formula is C21H27FN5O2S+. The number of sulfonamides is 1. The van der Waals surface area contributed by atoms with Crippen molar-refractivity contribution in [3.8, 4) is 0 Å². The number of hydrogen-bond acceptors (Lipinski definition) is 4. The Bertz CT molecular complexity index is 1200. The molecule has 0 aliphatic heterocycles. The van der Waals surface area contributed by atoms with Gasteiger partial charge >= 0.3 is 0 Å². The van der Waals surface area contributed by atoms with E-state index in [0.29, 0.717) is 18.7 Å². The van der Waals surface area contributed by atoms with Crippen LogP contribution in [-0.4, -0.2) is 47.9 Å². The van der Waals surface area contributed by atoms with E-state index in [0.717, 1.165) is 32.3 Å². The second kappa shape index (κ2) is 8.63. The van der Waals surface area contributed by atoms with Crippen LogP contribution in [0.15, 0.2) is 47.3 Å². The van der Waals surface area contributed by atoms with Gasteiger partial charge in [0.25, 0.3) is 0 Å². The van der Waals surface area contributed by atoms with Gasteiger partial charge < -0.3 is 10.3 Å². The van der Waals surface area contributed by atoms with Crippen molar-refractivity contribution in [1.29, 1.82) is 0 Å². The van der Waals surface area contributed by atoms with Crippen LogP contribution in [0.25, 0.3) is 11.0 Å². The Hall–Kier alpha value is -2.62. The number of allylic oxidation sites excluding steroid dienone is 1. The smallest absolute Gasteiger partial charge is 0.244 e. The van der Waals surface area contributed by atoms with Crippen molar-refractivity contribution in [2.45, 2.75) is 31.7 Å². The lowest BCUT2D eigenvalue weighted by Gasteiger charge is -2.11. The van der Waals surface area contributed by atoms with Gasteiger partial charge in [0.15, 0.2) is 0 Å². The molecule has 3 heterocycles. The second-order valence-electron chi connectivity index (χ2n) is 7.36. The van der Waals surface area contributed by atoms with Gasteiger partial charge in [-0.3, -0.25) is 9.97 Å². The summed E-state index contributed by atoms with van der Waals surface area (Å²) in [5.74, 6) is -0.242. The highest BCUT2D eigenvalue weighted by molar-refractivity contribution is 7.89. The third kappa shape index (κ3) is 4.28. The fourth-order valence-corrected chi connectivity index (χ4v) is 4.20. The third-order valence-electron chi connectivity index (χ3n) is 5.04. The summed E-state index contributed by atoms with van der Waals surface area (Å²) in [4.78, 5) is 9.18. The molecule has 160 valence electrons. The maximum absolute atomic E-state index is 14.2. The normalized spacial score (nSPS) is 12.8. The van der Waals surface area contributed by atoms with E-state index >= 15 is 0 Å². The van der Waals surface area contributed by atoms with Gasteiger partial charge in [-0.15, -0.1) is 0 Å². The van der Waals surface area contributed by atoms with E-state index in [1.165, 1.54) is 26.4 Å². The van der Waals surface area contributed by atoms with Crippen molar-refractivity contribution in [3.63, 3.8) is 0 Å². The summed E-state index contributed by atoms with van der Waals surface area (Å²) in [7, 11) is -0.561. The van der Waals surface area contributed by atoms with Gasteiger partial charge in [-0.25, -0.2) is 17.1 Å². The van der Waals surface area contributed by atoms with E-state index in [2.05, 4.69) is 15.7 Å². The molecule has 9 heteroatoms. The van der Waals surface area contributed by atoms with E-state index in [9.17, 15) is 12.8 Å². The highest BCUT2D eigenvalue weighted by Gasteiger charge is 2.20. The monoisotopic (exact) mass is 432 g/mol. The predicted octanol–water partition coefficient (Wildman–Crippen LogP) is 1.98. The molecule has 3 N–H and O–H groups in total. The number of rotatable bonds is 7. The van der Waals surface area contributed by atoms with Gasteiger partial charge in [-0.1, -0.05) is 0 Å². The standard InChI is InChI=1S/C21H26FN5O2S/c1-14-5-8-20-21(25-14)19(15(2)27(20)13-16(22)9-10-23)11-17-6-7-18(12-24-17)30(28,29)26(3)4/h5-9,12H,10-11,13,23H2,1-4H3/p+1/b16-9-. The molecule has 0 aliphatic rings. The van der Waals surface area contributed by atoms with Crippen LogP contribution in [0.3, 0.4) is 0 Å². The van der Waals surface area contributed by atoms with Crippen LogP contribution in [0, 0.1) is 13.8 Å². The molecule has 0 spiro atoms. The number of hydrogen-bond donors (Lipinski definition) is 1. The number of aryl methyl sites for hydroxylation is 1. The molecule has 3 aromatic rings. The van der Waals surface area contributed by atoms with Crippen LogP contribution in [0.5, 0.6) is 0 Å². The maximum Gasteiger partial charge on any atom is 0.244 e. The highest BCUT2D eigenvalue weighted by Crippen LogP contribution is 2.28. The summed E-state index contributed by atoms with van der Waals surface area (Å²) in [5.41, 5.74) is 8.77. The Morgan fingerprint density at radius 1 is 1.23 bits per heavy atom. The molecule has 0 radical (unpaired) electrons. The first kappa shape index (κ1) is 22.1. The Balaban J connectivity index is 2.03. The summed E-state index contributed by atoms with van der Waals surface area (Å²) < 4.78 is 41.8. The predicted molar refractivity (Wildman–Crippen MR) is 114 cm³/mol. The minimum Gasteiger partial charge on any atom is -0.354 e. The molecule has 0 atom stereocenters. The topological polar surface area (TPSA) is 95.7 Å². The molecule has 7 nitrogen and oxygen atoms in total. The molecule has 30 heavy (non-hydrogen) atoms. The Kier molecular flexibility index (Phi) is 6.35. The summed E-state index contributed by atoms with van der Waals surface area (Å²) in [5, 5.41) is 0. The molecule has 3 rings (SSSR count). The lowest BCUT2D eigenvalue weighted by Crippen LogP contribution is -2.49. The minimum absolute atomic E-state index is 0.121. The summed E-state index contributed by atoms with van der Waals surface area (Å²) in [6, 6.07) is 7.12. The first-order valence-electron chi connectivity index (χ1n) is 9.61. The number of aromatic nitrogens is 3. The van der Waals surface area contributed by atoms with Crippen molar-refractivity contribution in [2.24, 2.45) is 0 Å². The minimum atomic E-state index is -3.53. The molecule has 0 aromatic carbocycles. The van der Waals surface area contributed by atoms with Crippen molar-refractivity contribution in [1.82, 2.24) is 18.8 Å². The van der Waals surface area contributed by atoms with Gasteiger partial charge in [0.05, 0.1) is 24.1 Å². The van der Waals surface area contributed by atoms with Gasteiger partial charge in [-0.05, 0) is 38.1 Å².